The molecule has 0 bridgehead atoms. The van der Waals surface area contributed by atoms with Crippen LogP contribution in [0, 0.1) is 0 Å². The third kappa shape index (κ3) is 4.50. The molecular formula is C15H15BrF3N3O2. The first kappa shape index (κ1) is 18.3. The SMILES string of the molecule is CC(C)c1[nH]nc(C(=O)NCc2ccccc2OC(F)(F)F)c1Br. The van der Waals surface area contributed by atoms with Gasteiger partial charge in [-0.1, -0.05) is 32.0 Å². The number of hydrogen-bond acceptors (Lipinski definition) is 3. The molecule has 0 aliphatic heterocycles. The number of aromatic amines is 1. The molecule has 2 N–H and O–H groups in total. The van der Waals surface area contributed by atoms with Crippen molar-refractivity contribution in [3.8, 4) is 5.75 Å². The van der Waals surface area contributed by atoms with E-state index in [0.29, 0.717) is 4.47 Å². The standard InChI is InChI=1S/C15H15BrF3N3O2/c1-8(2)12-11(16)13(22-21-12)14(23)20-7-9-5-3-4-6-10(9)24-15(17,18)19/h3-6,8H,7H2,1-2H3,(H,20,23)(H,21,22). The molecule has 0 saturated heterocycles. The van der Waals surface area contributed by atoms with Gasteiger partial charge in [0.15, 0.2) is 5.69 Å². The van der Waals surface area contributed by atoms with Crippen LogP contribution in [0.3, 0.4) is 0 Å². The van der Waals surface area contributed by atoms with Crippen LogP contribution in [0.2, 0.25) is 0 Å². The van der Waals surface area contributed by atoms with Crippen LogP contribution in [0.15, 0.2) is 28.7 Å². The largest absolute Gasteiger partial charge is 0.573 e. The predicted octanol–water partition coefficient (Wildman–Crippen LogP) is 4.12. The van der Waals surface area contributed by atoms with Gasteiger partial charge < -0.3 is 10.1 Å². The van der Waals surface area contributed by atoms with E-state index < -0.39 is 12.3 Å². The minimum Gasteiger partial charge on any atom is -0.405 e. The molecule has 2 rings (SSSR count). The van der Waals surface area contributed by atoms with Crippen molar-refractivity contribution in [1.82, 2.24) is 15.5 Å². The van der Waals surface area contributed by atoms with Gasteiger partial charge in [-0.15, -0.1) is 13.2 Å². The number of halogens is 4. The summed E-state index contributed by atoms with van der Waals surface area (Å²) in [5, 5.41) is 9.24. The van der Waals surface area contributed by atoms with Crippen LogP contribution in [0.5, 0.6) is 5.75 Å². The zero-order valence-corrected chi connectivity index (χ0v) is 14.5. The maximum Gasteiger partial charge on any atom is 0.573 e. The number of alkyl halides is 3. The Balaban J connectivity index is 2.10. The van der Waals surface area contributed by atoms with E-state index in [0.717, 1.165) is 5.69 Å². The summed E-state index contributed by atoms with van der Waals surface area (Å²) >= 11 is 3.30. The topological polar surface area (TPSA) is 67.0 Å². The summed E-state index contributed by atoms with van der Waals surface area (Å²) in [6, 6.07) is 5.62. The molecule has 9 heteroatoms. The predicted molar refractivity (Wildman–Crippen MR) is 84.7 cm³/mol. The minimum absolute atomic E-state index is 0.124. The van der Waals surface area contributed by atoms with Crippen molar-refractivity contribution in [3.63, 3.8) is 0 Å². The number of nitrogens with zero attached hydrogens (tertiary/aromatic N) is 1. The summed E-state index contributed by atoms with van der Waals surface area (Å²) in [7, 11) is 0. The van der Waals surface area contributed by atoms with Gasteiger partial charge in [0.1, 0.15) is 5.75 Å². The van der Waals surface area contributed by atoms with Crippen LogP contribution in [0.25, 0.3) is 0 Å². The average molecular weight is 406 g/mol. The lowest BCUT2D eigenvalue weighted by Gasteiger charge is -2.13. The van der Waals surface area contributed by atoms with E-state index in [4.69, 9.17) is 0 Å². The molecule has 1 aromatic carbocycles. The van der Waals surface area contributed by atoms with Gasteiger partial charge >= 0.3 is 6.36 Å². The van der Waals surface area contributed by atoms with Crippen LogP contribution in [0.1, 0.15) is 41.5 Å². The number of rotatable bonds is 5. The van der Waals surface area contributed by atoms with Gasteiger partial charge in [-0.05, 0) is 27.9 Å². The van der Waals surface area contributed by atoms with Gasteiger partial charge in [0.25, 0.3) is 5.91 Å². The Kier molecular flexibility index (Phi) is 5.53. The summed E-state index contributed by atoms with van der Waals surface area (Å²) < 4.78 is 41.6. The molecule has 24 heavy (non-hydrogen) atoms. The maximum absolute atomic E-state index is 12.4. The third-order valence-corrected chi connectivity index (χ3v) is 3.97. The Hall–Kier alpha value is -2.03. The smallest absolute Gasteiger partial charge is 0.405 e. The summed E-state index contributed by atoms with van der Waals surface area (Å²) in [6.45, 7) is 3.75. The number of benzene rings is 1. The molecule has 0 radical (unpaired) electrons. The van der Waals surface area contributed by atoms with Crippen molar-refractivity contribution in [1.29, 1.82) is 0 Å². The lowest BCUT2D eigenvalue weighted by molar-refractivity contribution is -0.274. The van der Waals surface area contributed by atoms with Crippen LogP contribution >= 0.6 is 15.9 Å². The second kappa shape index (κ2) is 7.25. The van der Waals surface area contributed by atoms with Gasteiger partial charge in [-0.3, -0.25) is 9.89 Å². The molecule has 0 aliphatic rings. The lowest BCUT2D eigenvalue weighted by Crippen LogP contribution is -2.25. The van der Waals surface area contributed by atoms with E-state index in [1.807, 2.05) is 13.8 Å². The third-order valence-electron chi connectivity index (χ3n) is 3.16. The zero-order chi connectivity index (χ0) is 17.9. The highest BCUT2D eigenvalue weighted by Gasteiger charge is 2.32. The molecule has 1 heterocycles. The fourth-order valence-electron chi connectivity index (χ4n) is 2.01. The second-order valence-corrected chi connectivity index (χ2v) is 6.09. The van der Waals surface area contributed by atoms with Crippen LogP contribution in [-0.2, 0) is 6.54 Å². The summed E-state index contributed by atoms with van der Waals surface area (Å²) in [5.41, 5.74) is 1.12. The first-order chi connectivity index (χ1) is 11.2. The Morgan fingerprint density at radius 2 is 2.04 bits per heavy atom. The van der Waals surface area contributed by atoms with Crippen molar-refractivity contribution < 1.29 is 22.7 Å². The van der Waals surface area contributed by atoms with Crippen molar-refractivity contribution in [2.24, 2.45) is 0 Å². The van der Waals surface area contributed by atoms with E-state index in [9.17, 15) is 18.0 Å². The first-order valence-corrected chi connectivity index (χ1v) is 7.84. The minimum atomic E-state index is -4.79. The Labute approximate surface area is 144 Å². The Bertz CT molecular complexity index is 729. The van der Waals surface area contributed by atoms with Gasteiger partial charge in [0, 0.05) is 12.1 Å². The van der Waals surface area contributed by atoms with E-state index in [-0.39, 0.29) is 29.5 Å². The van der Waals surface area contributed by atoms with Crippen molar-refractivity contribution in [3.05, 3.63) is 45.7 Å². The van der Waals surface area contributed by atoms with Crippen LogP contribution in [0.4, 0.5) is 13.2 Å². The normalized spacial score (nSPS) is 11.6. The van der Waals surface area contributed by atoms with E-state index in [1.54, 1.807) is 6.07 Å². The molecule has 130 valence electrons. The number of ether oxygens (including phenoxy) is 1. The molecule has 0 aliphatic carbocycles. The second-order valence-electron chi connectivity index (χ2n) is 5.29. The summed E-state index contributed by atoms with van der Waals surface area (Å²) in [4.78, 5) is 12.2. The van der Waals surface area contributed by atoms with Crippen molar-refractivity contribution in [2.75, 3.05) is 0 Å². The number of amides is 1. The van der Waals surface area contributed by atoms with Crippen LogP contribution < -0.4 is 10.1 Å². The number of nitrogens with one attached hydrogen (secondary N) is 2. The molecule has 1 amide bonds. The van der Waals surface area contributed by atoms with Crippen molar-refractivity contribution in [2.45, 2.75) is 32.7 Å². The number of carbonyl (C=O) groups excluding carboxylic acids is 1. The molecular weight excluding hydrogens is 391 g/mol. The Morgan fingerprint density at radius 1 is 1.38 bits per heavy atom. The van der Waals surface area contributed by atoms with E-state index in [2.05, 4.69) is 36.2 Å². The Morgan fingerprint density at radius 3 is 2.62 bits per heavy atom. The number of carbonyl (C=O) groups is 1. The molecule has 0 atom stereocenters. The highest BCUT2D eigenvalue weighted by molar-refractivity contribution is 9.10. The maximum atomic E-state index is 12.4. The molecule has 0 spiro atoms. The molecule has 5 nitrogen and oxygen atoms in total. The van der Waals surface area contributed by atoms with Gasteiger partial charge in [-0.25, -0.2) is 0 Å². The average Bonchev–Trinajstić information content (AvgIpc) is 2.86. The van der Waals surface area contributed by atoms with Gasteiger partial charge in [0.05, 0.1) is 10.2 Å². The highest BCUT2D eigenvalue weighted by Crippen LogP contribution is 2.27. The number of aromatic nitrogens is 2. The highest BCUT2D eigenvalue weighted by atomic mass is 79.9. The van der Waals surface area contributed by atoms with Gasteiger partial charge in [-0.2, -0.15) is 5.10 Å². The zero-order valence-electron chi connectivity index (χ0n) is 12.9. The summed E-state index contributed by atoms with van der Waals surface area (Å²) in [5.74, 6) is -0.726. The monoisotopic (exact) mass is 405 g/mol. The summed E-state index contributed by atoms with van der Waals surface area (Å²) in [6.07, 6.45) is -4.79. The molecule has 1 aromatic heterocycles. The number of H-pyrrole nitrogens is 1. The first-order valence-electron chi connectivity index (χ1n) is 7.04. The fourth-order valence-corrected chi connectivity index (χ4v) is 2.82. The quantitative estimate of drug-likeness (QED) is 0.785. The molecule has 0 fully saturated rings. The molecule has 0 saturated carbocycles. The molecule has 0 unspecified atom stereocenters. The van der Waals surface area contributed by atoms with Crippen molar-refractivity contribution >= 4 is 21.8 Å². The lowest BCUT2D eigenvalue weighted by atomic mass is 10.1. The van der Waals surface area contributed by atoms with Gasteiger partial charge in [0.2, 0.25) is 0 Å². The number of hydrogen-bond donors (Lipinski definition) is 2. The van der Waals surface area contributed by atoms with E-state index in [1.165, 1.54) is 18.2 Å². The fraction of sp³-hybridized carbons (Fsp3) is 0.333. The molecule has 2 aromatic rings. The van der Waals surface area contributed by atoms with Crippen LogP contribution in [-0.4, -0.2) is 22.5 Å². The number of para-hydroxylation sites is 1. The van der Waals surface area contributed by atoms with E-state index >= 15 is 0 Å².